The number of nitrogens with zero attached hydrogens (tertiary/aromatic N) is 1. The standard InChI is InChI=1S/C16H18BrNO2/c17-9-4-10-18(13-6-3-7-13)16(19)15-11-12-5-1-2-8-14(12)20-15/h1-2,5,8,11,13H,3-4,6-7,9-10H2. The Morgan fingerprint density at radius 1 is 1.35 bits per heavy atom. The van der Waals surface area contributed by atoms with E-state index >= 15 is 0 Å². The number of carbonyl (C=O) groups is 1. The molecule has 0 unspecified atom stereocenters. The fraction of sp³-hybridized carbons (Fsp3) is 0.438. The van der Waals surface area contributed by atoms with E-state index in [4.69, 9.17) is 4.42 Å². The lowest BCUT2D eigenvalue weighted by molar-refractivity contribution is 0.0551. The maximum atomic E-state index is 12.7. The number of hydrogen-bond acceptors (Lipinski definition) is 2. The van der Waals surface area contributed by atoms with Crippen LogP contribution in [0.4, 0.5) is 0 Å². The second kappa shape index (κ2) is 6.00. The Morgan fingerprint density at radius 2 is 2.15 bits per heavy atom. The van der Waals surface area contributed by atoms with Gasteiger partial charge in [0.1, 0.15) is 5.58 Å². The lowest BCUT2D eigenvalue weighted by atomic mass is 9.91. The zero-order valence-corrected chi connectivity index (χ0v) is 12.9. The maximum Gasteiger partial charge on any atom is 0.289 e. The molecule has 1 amide bonds. The Morgan fingerprint density at radius 3 is 2.80 bits per heavy atom. The highest BCUT2D eigenvalue weighted by Crippen LogP contribution is 2.28. The normalized spacial score (nSPS) is 15.2. The highest BCUT2D eigenvalue weighted by atomic mass is 79.9. The van der Waals surface area contributed by atoms with Gasteiger partial charge < -0.3 is 9.32 Å². The second-order valence-electron chi connectivity index (χ2n) is 5.27. The summed E-state index contributed by atoms with van der Waals surface area (Å²) in [5.41, 5.74) is 0.782. The molecule has 1 aromatic carbocycles. The first-order valence-corrected chi connectivity index (χ1v) is 8.27. The number of hydrogen-bond donors (Lipinski definition) is 0. The van der Waals surface area contributed by atoms with E-state index in [1.54, 1.807) is 0 Å². The number of furan rings is 1. The smallest absolute Gasteiger partial charge is 0.289 e. The molecule has 2 aromatic rings. The summed E-state index contributed by atoms with van der Waals surface area (Å²) in [5.74, 6) is 0.500. The average molecular weight is 336 g/mol. The molecule has 106 valence electrons. The van der Waals surface area contributed by atoms with Gasteiger partial charge in [0.15, 0.2) is 5.76 Å². The molecule has 1 heterocycles. The van der Waals surface area contributed by atoms with E-state index in [2.05, 4.69) is 15.9 Å². The number of benzene rings is 1. The lowest BCUT2D eigenvalue weighted by Crippen LogP contribution is -2.44. The number of para-hydroxylation sites is 1. The molecule has 3 rings (SSSR count). The van der Waals surface area contributed by atoms with E-state index in [-0.39, 0.29) is 5.91 Å². The molecule has 1 aromatic heterocycles. The molecule has 1 aliphatic rings. The summed E-state index contributed by atoms with van der Waals surface area (Å²) < 4.78 is 5.71. The van der Waals surface area contributed by atoms with Gasteiger partial charge in [-0.3, -0.25) is 4.79 Å². The summed E-state index contributed by atoms with van der Waals surface area (Å²) in [5, 5.41) is 1.91. The minimum atomic E-state index is 0.0341. The number of rotatable bonds is 5. The Balaban J connectivity index is 1.83. The molecule has 1 saturated carbocycles. The van der Waals surface area contributed by atoms with Gasteiger partial charge in [-0.1, -0.05) is 34.1 Å². The molecule has 0 saturated heterocycles. The van der Waals surface area contributed by atoms with Crippen LogP contribution in [0, 0.1) is 0 Å². The van der Waals surface area contributed by atoms with Crippen molar-refractivity contribution in [3.05, 3.63) is 36.1 Å². The van der Waals surface area contributed by atoms with Gasteiger partial charge in [-0.2, -0.15) is 0 Å². The zero-order valence-electron chi connectivity index (χ0n) is 11.3. The van der Waals surface area contributed by atoms with E-state index < -0.39 is 0 Å². The molecule has 0 radical (unpaired) electrons. The van der Waals surface area contributed by atoms with E-state index in [1.165, 1.54) is 6.42 Å². The van der Waals surface area contributed by atoms with Crippen LogP contribution in [0.1, 0.15) is 36.2 Å². The predicted molar refractivity (Wildman–Crippen MR) is 83.3 cm³/mol. The fourth-order valence-electron chi connectivity index (χ4n) is 2.61. The Labute approximate surface area is 127 Å². The molecule has 4 heteroatoms. The minimum Gasteiger partial charge on any atom is -0.451 e. The van der Waals surface area contributed by atoms with E-state index in [0.717, 1.165) is 42.1 Å². The van der Waals surface area contributed by atoms with Crippen molar-refractivity contribution in [2.45, 2.75) is 31.7 Å². The van der Waals surface area contributed by atoms with E-state index in [0.29, 0.717) is 11.8 Å². The Hall–Kier alpha value is -1.29. The third-order valence-electron chi connectivity index (χ3n) is 3.95. The molecule has 1 aliphatic carbocycles. The van der Waals surface area contributed by atoms with Crippen LogP contribution in [0.5, 0.6) is 0 Å². The fourth-order valence-corrected chi connectivity index (χ4v) is 2.86. The second-order valence-corrected chi connectivity index (χ2v) is 6.07. The van der Waals surface area contributed by atoms with Crippen LogP contribution >= 0.6 is 15.9 Å². The molecule has 0 atom stereocenters. The number of amides is 1. The van der Waals surface area contributed by atoms with Crippen molar-refractivity contribution in [3.63, 3.8) is 0 Å². The number of carbonyl (C=O) groups excluding carboxylic acids is 1. The summed E-state index contributed by atoms with van der Waals surface area (Å²) in [6.07, 6.45) is 4.44. The van der Waals surface area contributed by atoms with E-state index in [1.807, 2.05) is 35.2 Å². The van der Waals surface area contributed by atoms with Crippen LogP contribution in [0.3, 0.4) is 0 Å². The molecule has 0 spiro atoms. The monoisotopic (exact) mass is 335 g/mol. The van der Waals surface area contributed by atoms with Crippen LogP contribution in [0.2, 0.25) is 0 Å². The molecule has 3 nitrogen and oxygen atoms in total. The van der Waals surface area contributed by atoms with Crippen LogP contribution in [-0.4, -0.2) is 28.7 Å². The van der Waals surface area contributed by atoms with Crippen molar-refractivity contribution in [2.75, 3.05) is 11.9 Å². The maximum absolute atomic E-state index is 12.7. The summed E-state index contributed by atoms with van der Waals surface area (Å²) >= 11 is 3.44. The Kier molecular flexibility index (Phi) is 4.10. The third kappa shape index (κ3) is 2.62. The molecule has 20 heavy (non-hydrogen) atoms. The zero-order chi connectivity index (χ0) is 13.9. The van der Waals surface area contributed by atoms with E-state index in [9.17, 15) is 4.79 Å². The first kappa shape index (κ1) is 13.7. The molecule has 1 fully saturated rings. The SMILES string of the molecule is O=C(c1cc2ccccc2o1)N(CCCBr)C1CCC1. The molecular formula is C16H18BrNO2. The van der Waals surface area contributed by atoms with Gasteiger partial charge in [0.05, 0.1) is 0 Å². The van der Waals surface area contributed by atoms with Crippen LogP contribution in [-0.2, 0) is 0 Å². The predicted octanol–water partition coefficient (Wildman–Crippen LogP) is 4.21. The van der Waals surface area contributed by atoms with Gasteiger partial charge in [-0.15, -0.1) is 0 Å². The van der Waals surface area contributed by atoms with Gasteiger partial charge in [0.2, 0.25) is 0 Å². The summed E-state index contributed by atoms with van der Waals surface area (Å²) in [4.78, 5) is 14.7. The summed E-state index contributed by atoms with van der Waals surface area (Å²) in [6, 6.07) is 10.0. The van der Waals surface area contributed by atoms with Gasteiger partial charge in [0.25, 0.3) is 5.91 Å². The minimum absolute atomic E-state index is 0.0341. The summed E-state index contributed by atoms with van der Waals surface area (Å²) in [6.45, 7) is 0.797. The first-order valence-electron chi connectivity index (χ1n) is 7.15. The number of alkyl halides is 1. The number of fused-ring (bicyclic) bond motifs is 1. The molecule has 0 bridgehead atoms. The van der Waals surface area contributed by atoms with Crippen molar-refractivity contribution in [2.24, 2.45) is 0 Å². The van der Waals surface area contributed by atoms with Crippen LogP contribution in [0.25, 0.3) is 11.0 Å². The Bertz CT molecular complexity index is 570. The highest BCUT2D eigenvalue weighted by molar-refractivity contribution is 9.09. The third-order valence-corrected chi connectivity index (χ3v) is 4.51. The lowest BCUT2D eigenvalue weighted by Gasteiger charge is -2.37. The van der Waals surface area contributed by atoms with Crippen molar-refractivity contribution < 1.29 is 9.21 Å². The van der Waals surface area contributed by atoms with Crippen molar-refractivity contribution in [1.82, 2.24) is 4.90 Å². The number of halogens is 1. The highest BCUT2D eigenvalue weighted by Gasteiger charge is 2.30. The quantitative estimate of drug-likeness (QED) is 0.766. The van der Waals surface area contributed by atoms with Gasteiger partial charge in [0, 0.05) is 23.3 Å². The van der Waals surface area contributed by atoms with Crippen molar-refractivity contribution in [1.29, 1.82) is 0 Å². The molecular weight excluding hydrogens is 318 g/mol. The van der Waals surface area contributed by atoms with Gasteiger partial charge >= 0.3 is 0 Å². The van der Waals surface area contributed by atoms with Gasteiger partial charge in [-0.25, -0.2) is 0 Å². The van der Waals surface area contributed by atoms with Crippen molar-refractivity contribution in [3.8, 4) is 0 Å². The average Bonchev–Trinajstić information content (AvgIpc) is 2.84. The topological polar surface area (TPSA) is 33.5 Å². The van der Waals surface area contributed by atoms with Gasteiger partial charge in [-0.05, 0) is 37.8 Å². The molecule has 0 aliphatic heterocycles. The van der Waals surface area contributed by atoms with Crippen LogP contribution < -0.4 is 0 Å². The molecule has 0 N–H and O–H groups in total. The summed E-state index contributed by atoms with van der Waals surface area (Å²) in [7, 11) is 0. The van der Waals surface area contributed by atoms with Crippen molar-refractivity contribution >= 4 is 32.8 Å². The van der Waals surface area contributed by atoms with Crippen LogP contribution in [0.15, 0.2) is 34.7 Å². The largest absolute Gasteiger partial charge is 0.451 e. The first-order chi connectivity index (χ1) is 9.79.